The molecule has 0 N–H and O–H groups in total. The monoisotopic (exact) mass is 362 g/mol. The van der Waals surface area contributed by atoms with Crippen molar-refractivity contribution in [1.82, 2.24) is 0 Å². The van der Waals surface area contributed by atoms with Crippen molar-refractivity contribution in [2.75, 3.05) is 6.61 Å². The van der Waals surface area contributed by atoms with Crippen LogP contribution < -0.4 is 0 Å². The van der Waals surface area contributed by atoms with Crippen molar-refractivity contribution in [2.45, 2.75) is 6.42 Å². The average Bonchev–Trinajstić information content (AvgIpc) is 3.04. The number of Topliss-reactive ketones (excluding diaryl/α,β-unsaturated/α-hetero) is 1. The Bertz CT molecular complexity index is 1020. The van der Waals surface area contributed by atoms with Gasteiger partial charge in [-0.2, -0.15) is 0 Å². The Hall–Kier alpha value is -2.91. The van der Waals surface area contributed by atoms with E-state index < -0.39 is 5.97 Å². The lowest BCUT2D eigenvalue weighted by molar-refractivity contribution is 0.0475. The molecule has 26 heavy (non-hydrogen) atoms. The number of esters is 1. The van der Waals surface area contributed by atoms with Crippen LogP contribution in [0.25, 0.3) is 11.1 Å². The Morgan fingerprint density at radius 3 is 2.46 bits per heavy atom. The van der Waals surface area contributed by atoms with Gasteiger partial charge in [0.15, 0.2) is 12.4 Å². The molecule has 1 aliphatic rings. The summed E-state index contributed by atoms with van der Waals surface area (Å²) in [6.07, 6.45) is 0.876. The molecule has 0 spiro atoms. The fourth-order valence-electron chi connectivity index (χ4n) is 3.22. The molecule has 0 aliphatic heterocycles. The number of hydrogen-bond donors (Lipinski definition) is 0. The van der Waals surface area contributed by atoms with Gasteiger partial charge in [-0.15, -0.1) is 0 Å². The van der Waals surface area contributed by atoms with E-state index in [4.69, 9.17) is 16.3 Å². The first-order valence-electron chi connectivity index (χ1n) is 8.29. The topological polar surface area (TPSA) is 43.4 Å². The average molecular weight is 363 g/mol. The Morgan fingerprint density at radius 1 is 0.885 bits per heavy atom. The first-order valence-corrected chi connectivity index (χ1v) is 8.67. The maximum atomic E-state index is 12.5. The van der Waals surface area contributed by atoms with Gasteiger partial charge < -0.3 is 4.74 Å². The van der Waals surface area contributed by atoms with E-state index >= 15 is 0 Å². The number of ether oxygens (including phenoxy) is 1. The van der Waals surface area contributed by atoms with Crippen LogP contribution >= 0.6 is 11.6 Å². The van der Waals surface area contributed by atoms with E-state index in [0.29, 0.717) is 10.6 Å². The molecule has 0 saturated carbocycles. The van der Waals surface area contributed by atoms with Gasteiger partial charge in [0.1, 0.15) is 0 Å². The molecule has 3 aromatic carbocycles. The van der Waals surface area contributed by atoms with E-state index in [-0.39, 0.29) is 18.0 Å². The molecule has 3 aromatic rings. The summed E-state index contributed by atoms with van der Waals surface area (Å²) in [5, 5.41) is 0.305. The summed E-state index contributed by atoms with van der Waals surface area (Å²) in [6, 6.07) is 20.4. The first-order chi connectivity index (χ1) is 12.6. The highest BCUT2D eigenvalue weighted by Crippen LogP contribution is 2.36. The molecule has 128 valence electrons. The summed E-state index contributed by atoms with van der Waals surface area (Å²) in [5.41, 5.74) is 5.49. The number of carbonyl (C=O) groups is 2. The minimum atomic E-state index is -0.601. The van der Waals surface area contributed by atoms with Crippen molar-refractivity contribution in [3.05, 3.63) is 94.0 Å². The number of fused-ring (bicyclic) bond motifs is 3. The third-order valence-corrected chi connectivity index (χ3v) is 4.88. The second-order valence-corrected chi connectivity index (χ2v) is 6.59. The van der Waals surface area contributed by atoms with Gasteiger partial charge in [-0.1, -0.05) is 60.1 Å². The van der Waals surface area contributed by atoms with Crippen LogP contribution in [0.4, 0.5) is 0 Å². The normalized spacial score (nSPS) is 11.6. The lowest BCUT2D eigenvalue weighted by Crippen LogP contribution is -2.14. The number of hydrogen-bond acceptors (Lipinski definition) is 3. The van der Waals surface area contributed by atoms with Crippen molar-refractivity contribution < 1.29 is 14.3 Å². The molecule has 1 aliphatic carbocycles. The molecule has 0 radical (unpaired) electrons. The van der Waals surface area contributed by atoms with E-state index in [0.717, 1.165) is 17.5 Å². The number of carbonyl (C=O) groups excluding carboxylic acids is 2. The number of ketones is 1. The van der Waals surface area contributed by atoms with Gasteiger partial charge in [0.2, 0.25) is 0 Å². The molecule has 0 fully saturated rings. The number of halogens is 1. The van der Waals surface area contributed by atoms with Crippen LogP contribution in [0.15, 0.2) is 66.7 Å². The summed E-state index contributed by atoms with van der Waals surface area (Å²) in [4.78, 5) is 24.6. The van der Waals surface area contributed by atoms with Gasteiger partial charge >= 0.3 is 5.97 Å². The van der Waals surface area contributed by atoms with Crippen LogP contribution in [-0.4, -0.2) is 18.4 Å². The second kappa shape index (κ2) is 6.77. The van der Waals surface area contributed by atoms with Crippen molar-refractivity contribution in [3.8, 4) is 11.1 Å². The summed E-state index contributed by atoms with van der Waals surface area (Å²) >= 11 is 5.98. The zero-order chi connectivity index (χ0) is 18.1. The molecule has 0 aromatic heterocycles. The molecular formula is C22H15ClO3. The van der Waals surface area contributed by atoms with Crippen molar-refractivity contribution >= 4 is 23.4 Å². The van der Waals surface area contributed by atoms with E-state index in [2.05, 4.69) is 12.1 Å². The third kappa shape index (κ3) is 3.02. The van der Waals surface area contributed by atoms with Gasteiger partial charge in [-0.3, -0.25) is 4.79 Å². The van der Waals surface area contributed by atoms with Crippen LogP contribution in [0, 0.1) is 0 Å². The lowest BCUT2D eigenvalue weighted by atomic mass is 10.0. The molecule has 0 heterocycles. The summed E-state index contributed by atoms with van der Waals surface area (Å²) in [6.45, 7) is -0.315. The molecule has 0 bridgehead atoms. The molecule has 0 unspecified atom stereocenters. The number of rotatable bonds is 4. The molecule has 4 heteroatoms. The Labute approximate surface area is 156 Å². The second-order valence-electron chi connectivity index (χ2n) is 6.19. The SMILES string of the molecule is O=C(COC(=O)c1ccccc1Cl)c1ccc2c(c1)-c1ccccc1C2. The number of benzene rings is 3. The predicted octanol–water partition coefficient (Wildman–Crippen LogP) is 4.95. The van der Waals surface area contributed by atoms with Crippen LogP contribution in [-0.2, 0) is 11.2 Å². The van der Waals surface area contributed by atoms with Crippen LogP contribution in [0.3, 0.4) is 0 Å². The van der Waals surface area contributed by atoms with Gasteiger partial charge in [0.05, 0.1) is 10.6 Å². The maximum Gasteiger partial charge on any atom is 0.340 e. The molecular weight excluding hydrogens is 348 g/mol. The summed E-state index contributed by atoms with van der Waals surface area (Å²) < 4.78 is 5.14. The molecule has 0 amide bonds. The van der Waals surface area contributed by atoms with E-state index in [9.17, 15) is 9.59 Å². The van der Waals surface area contributed by atoms with Crippen molar-refractivity contribution in [3.63, 3.8) is 0 Å². The van der Waals surface area contributed by atoms with E-state index in [1.165, 1.54) is 11.1 Å². The highest BCUT2D eigenvalue weighted by molar-refractivity contribution is 6.33. The zero-order valence-electron chi connectivity index (χ0n) is 13.9. The molecule has 3 nitrogen and oxygen atoms in total. The zero-order valence-corrected chi connectivity index (χ0v) is 14.6. The van der Waals surface area contributed by atoms with Gasteiger partial charge in [0.25, 0.3) is 0 Å². The molecule has 4 rings (SSSR count). The lowest BCUT2D eigenvalue weighted by Gasteiger charge is -2.07. The standard InChI is InChI=1S/C22H15ClO3/c23-20-8-4-3-7-18(20)22(25)26-13-21(24)16-10-9-15-11-14-5-1-2-6-17(14)19(15)12-16/h1-10,12H,11,13H2. The fourth-order valence-corrected chi connectivity index (χ4v) is 3.43. The van der Waals surface area contributed by atoms with E-state index in [1.54, 1.807) is 30.3 Å². The summed E-state index contributed by atoms with van der Waals surface area (Å²) in [7, 11) is 0. The first kappa shape index (κ1) is 16.6. The van der Waals surface area contributed by atoms with Crippen LogP contribution in [0.1, 0.15) is 31.8 Å². The van der Waals surface area contributed by atoms with Crippen LogP contribution in [0.5, 0.6) is 0 Å². The largest absolute Gasteiger partial charge is 0.454 e. The minimum absolute atomic E-state index is 0.238. The maximum absolute atomic E-state index is 12.5. The Kier molecular flexibility index (Phi) is 4.31. The van der Waals surface area contributed by atoms with Crippen LogP contribution in [0.2, 0.25) is 5.02 Å². The van der Waals surface area contributed by atoms with Gasteiger partial charge in [0, 0.05) is 5.56 Å². The predicted molar refractivity (Wildman–Crippen MR) is 101 cm³/mol. The Balaban J connectivity index is 1.50. The van der Waals surface area contributed by atoms with Crippen molar-refractivity contribution in [1.29, 1.82) is 0 Å². The quantitative estimate of drug-likeness (QED) is 0.381. The Morgan fingerprint density at radius 2 is 1.62 bits per heavy atom. The van der Waals surface area contributed by atoms with Gasteiger partial charge in [-0.25, -0.2) is 4.79 Å². The van der Waals surface area contributed by atoms with Gasteiger partial charge in [-0.05, 0) is 46.9 Å². The molecule has 0 saturated heterocycles. The van der Waals surface area contributed by atoms with Crippen molar-refractivity contribution in [2.24, 2.45) is 0 Å². The summed E-state index contributed by atoms with van der Waals surface area (Å²) in [5.74, 6) is -0.840. The highest BCUT2D eigenvalue weighted by Gasteiger charge is 2.20. The van der Waals surface area contributed by atoms with E-state index in [1.807, 2.05) is 24.3 Å². The third-order valence-electron chi connectivity index (χ3n) is 4.55. The molecule has 0 atom stereocenters. The minimum Gasteiger partial charge on any atom is -0.454 e. The highest BCUT2D eigenvalue weighted by atomic mass is 35.5. The smallest absolute Gasteiger partial charge is 0.340 e. The fraction of sp³-hybridized carbons (Fsp3) is 0.0909.